The highest BCUT2D eigenvalue weighted by Gasteiger charge is 2.57. The number of benzene rings is 2. The molecule has 4 nitrogen and oxygen atoms in total. The minimum Gasteiger partial charge on any atom is -0.270 e. The average Bonchev–Trinajstić information content (AvgIpc) is 2.83. The lowest BCUT2D eigenvalue weighted by molar-refractivity contribution is -0.125. The summed E-state index contributed by atoms with van der Waals surface area (Å²) in [6.07, 6.45) is 3.67. The van der Waals surface area contributed by atoms with E-state index >= 15 is 0 Å². The SMILES string of the molecule is CC=CCC1(Cl)C(=O)N(c2ccccc2)N(c2ccccc2)C1=O. The van der Waals surface area contributed by atoms with Gasteiger partial charge in [-0.2, -0.15) is 0 Å². The Balaban J connectivity index is 2.13. The Bertz CT molecular complexity index is 717. The van der Waals surface area contributed by atoms with Crippen LogP contribution in [0.25, 0.3) is 0 Å². The van der Waals surface area contributed by atoms with Gasteiger partial charge in [-0.15, -0.1) is 0 Å². The molecule has 0 unspecified atom stereocenters. The molecule has 0 N–H and O–H groups in total. The molecular weight excluding hydrogens is 324 g/mol. The van der Waals surface area contributed by atoms with Crippen LogP contribution in [0.1, 0.15) is 13.3 Å². The number of alkyl halides is 1. The average molecular weight is 341 g/mol. The van der Waals surface area contributed by atoms with Crippen molar-refractivity contribution in [2.45, 2.75) is 18.2 Å². The lowest BCUT2D eigenvalue weighted by Gasteiger charge is -2.27. The number of para-hydroxylation sites is 2. The van der Waals surface area contributed by atoms with Gasteiger partial charge in [0.1, 0.15) is 0 Å². The van der Waals surface area contributed by atoms with Crippen LogP contribution in [0.15, 0.2) is 72.8 Å². The number of allylic oxidation sites excluding steroid dienone is 2. The van der Waals surface area contributed by atoms with Gasteiger partial charge in [-0.05, 0) is 31.2 Å². The summed E-state index contributed by atoms with van der Waals surface area (Å²) in [6, 6.07) is 18.1. The van der Waals surface area contributed by atoms with Gasteiger partial charge in [0.2, 0.25) is 4.87 Å². The molecule has 2 amide bonds. The number of rotatable bonds is 4. The van der Waals surface area contributed by atoms with Crippen LogP contribution in [0, 0.1) is 0 Å². The standard InChI is InChI=1S/C19H17ClN2O2/c1-2-3-14-19(20)17(23)21(15-10-6-4-7-11-15)22(18(19)24)16-12-8-5-9-13-16/h2-13H,14H2,1H3. The highest BCUT2D eigenvalue weighted by Crippen LogP contribution is 2.39. The molecule has 0 aromatic heterocycles. The highest BCUT2D eigenvalue weighted by molar-refractivity contribution is 6.53. The van der Waals surface area contributed by atoms with E-state index in [-0.39, 0.29) is 6.42 Å². The maximum Gasteiger partial charge on any atom is 0.277 e. The quantitative estimate of drug-likeness (QED) is 0.481. The lowest BCUT2D eigenvalue weighted by Crippen LogP contribution is -2.41. The predicted molar refractivity (Wildman–Crippen MR) is 95.9 cm³/mol. The van der Waals surface area contributed by atoms with Gasteiger partial charge < -0.3 is 0 Å². The number of amides is 2. The van der Waals surface area contributed by atoms with Gasteiger partial charge in [0.15, 0.2) is 0 Å². The van der Waals surface area contributed by atoms with E-state index in [0.29, 0.717) is 11.4 Å². The first-order valence-corrected chi connectivity index (χ1v) is 8.06. The van der Waals surface area contributed by atoms with E-state index in [0.717, 1.165) is 0 Å². The molecule has 1 aliphatic rings. The van der Waals surface area contributed by atoms with Crippen LogP contribution in [0.2, 0.25) is 0 Å². The van der Waals surface area contributed by atoms with Crippen molar-refractivity contribution < 1.29 is 9.59 Å². The largest absolute Gasteiger partial charge is 0.277 e. The molecule has 0 radical (unpaired) electrons. The zero-order chi connectivity index (χ0) is 17.2. The smallest absolute Gasteiger partial charge is 0.270 e. The Labute approximate surface area is 145 Å². The highest BCUT2D eigenvalue weighted by atomic mass is 35.5. The van der Waals surface area contributed by atoms with E-state index in [2.05, 4.69) is 0 Å². The molecule has 1 fully saturated rings. The molecule has 1 heterocycles. The van der Waals surface area contributed by atoms with Gasteiger partial charge in [-0.25, -0.2) is 10.0 Å². The third-order valence-corrected chi connectivity index (χ3v) is 4.38. The molecule has 3 rings (SSSR count). The van der Waals surface area contributed by atoms with Gasteiger partial charge in [0, 0.05) is 6.42 Å². The van der Waals surface area contributed by atoms with Crippen LogP contribution in [-0.4, -0.2) is 16.7 Å². The van der Waals surface area contributed by atoms with E-state index in [1.54, 1.807) is 36.4 Å². The van der Waals surface area contributed by atoms with Crippen molar-refractivity contribution in [1.82, 2.24) is 0 Å². The molecule has 122 valence electrons. The van der Waals surface area contributed by atoms with E-state index in [1.165, 1.54) is 10.0 Å². The summed E-state index contributed by atoms with van der Waals surface area (Å²) in [5.74, 6) is -0.885. The molecular formula is C19H17ClN2O2. The zero-order valence-electron chi connectivity index (χ0n) is 13.2. The van der Waals surface area contributed by atoms with E-state index in [4.69, 9.17) is 11.6 Å². The van der Waals surface area contributed by atoms with Gasteiger partial charge in [0.05, 0.1) is 11.4 Å². The third-order valence-electron chi connectivity index (χ3n) is 3.90. The maximum atomic E-state index is 13.0. The zero-order valence-corrected chi connectivity index (χ0v) is 14.0. The minimum atomic E-state index is -1.63. The van der Waals surface area contributed by atoms with Crippen molar-refractivity contribution in [2.24, 2.45) is 0 Å². The van der Waals surface area contributed by atoms with Crippen molar-refractivity contribution >= 4 is 34.8 Å². The molecule has 5 heteroatoms. The van der Waals surface area contributed by atoms with Crippen molar-refractivity contribution in [1.29, 1.82) is 0 Å². The summed E-state index contributed by atoms with van der Waals surface area (Å²) < 4.78 is 0. The number of hydrogen-bond acceptors (Lipinski definition) is 2. The first kappa shape index (κ1) is 16.3. The van der Waals surface area contributed by atoms with E-state index < -0.39 is 16.7 Å². The van der Waals surface area contributed by atoms with E-state index in [1.807, 2.05) is 43.3 Å². The van der Waals surface area contributed by atoms with Crippen molar-refractivity contribution in [3.05, 3.63) is 72.8 Å². The van der Waals surface area contributed by atoms with Gasteiger partial charge in [-0.3, -0.25) is 9.59 Å². The Kier molecular flexibility index (Phi) is 4.40. The van der Waals surface area contributed by atoms with Crippen LogP contribution >= 0.6 is 11.6 Å². The second kappa shape index (κ2) is 6.49. The molecule has 24 heavy (non-hydrogen) atoms. The number of hydrogen-bond donors (Lipinski definition) is 0. The Hall–Kier alpha value is -2.59. The first-order valence-electron chi connectivity index (χ1n) is 7.69. The van der Waals surface area contributed by atoms with E-state index in [9.17, 15) is 9.59 Å². The molecule has 0 atom stereocenters. The second-order valence-corrected chi connectivity index (χ2v) is 6.12. The molecule has 0 bridgehead atoms. The normalized spacial score (nSPS) is 17.1. The van der Waals surface area contributed by atoms with Crippen LogP contribution in [0.4, 0.5) is 11.4 Å². The van der Waals surface area contributed by atoms with Gasteiger partial charge in [-0.1, -0.05) is 60.2 Å². The summed E-state index contributed by atoms with van der Waals surface area (Å²) in [6.45, 7) is 1.83. The molecule has 1 aliphatic heterocycles. The van der Waals surface area contributed by atoms with Crippen LogP contribution in [-0.2, 0) is 9.59 Å². The molecule has 2 aromatic rings. The third kappa shape index (κ3) is 2.59. The molecule has 0 spiro atoms. The fraction of sp³-hybridized carbons (Fsp3) is 0.158. The molecule has 2 aromatic carbocycles. The predicted octanol–water partition coefficient (Wildman–Crippen LogP) is 3.93. The number of carbonyl (C=O) groups is 2. The lowest BCUT2D eigenvalue weighted by atomic mass is 10.0. The van der Waals surface area contributed by atoms with Crippen molar-refractivity contribution in [3.8, 4) is 0 Å². The molecule has 0 aliphatic carbocycles. The van der Waals surface area contributed by atoms with Crippen LogP contribution in [0.5, 0.6) is 0 Å². The minimum absolute atomic E-state index is 0.148. The Morgan fingerprint density at radius 3 is 1.67 bits per heavy atom. The number of carbonyl (C=O) groups excluding carboxylic acids is 2. The van der Waals surface area contributed by atoms with Crippen molar-refractivity contribution in [3.63, 3.8) is 0 Å². The van der Waals surface area contributed by atoms with Gasteiger partial charge >= 0.3 is 0 Å². The summed E-state index contributed by atoms with van der Waals surface area (Å²) in [5.41, 5.74) is 1.20. The fourth-order valence-corrected chi connectivity index (χ4v) is 2.92. The second-order valence-electron chi connectivity index (χ2n) is 5.48. The molecule has 0 saturated carbocycles. The summed E-state index contributed by atoms with van der Waals surface area (Å²) in [5, 5.41) is 2.71. The fourth-order valence-electron chi connectivity index (χ4n) is 2.67. The monoisotopic (exact) mass is 340 g/mol. The summed E-state index contributed by atoms with van der Waals surface area (Å²) >= 11 is 6.51. The number of anilines is 2. The van der Waals surface area contributed by atoms with Crippen LogP contribution < -0.4 is 10.0 Å². The van der Waals surface area contributed by atoms with Crippen molar-refractivity contribution in [2.75, 3.05) is 10.0 Å². The maximum absolute atomic E-state index is 13.0. The number of halogens is 1. The van der Waals surface area contributed by atoms with Gasteiger partial charge in [0.25, 0.3) is 11.8 Å². The summed E-state index contributed by atoms with van der Waals surface area (Å²) in [7, 11) is 0. The first-order chi connectivity index (χ1) is 11.6. The Morgan fingerprint density at radius 1 is 0.875 bits per heavy atom. The number of nitrogens with zero attached hydrogens (tertiary/aromatic N) is 2. The van der Waals surface area contributed by atoms with Crippen LogP contribution in [0.3, 0.4) is 0 Å². The summed E-state index contributed by atoms with van der Waals surface area (Å²) in [4.78, 5) is 24.4. The number of hydrazine groups is 1. The Morgan fingerprint density at radius 2 is 1.29 bits per heavy atom. The molecule has 1 saturated heterocycles. The topological polar surface area (TPSA) is 40.6 Å².